The Morgan fingerprint density at radius 1 is 0.320 bits per heavy atom. The molecule has 0 saturated carbocycles. The van der Waals surface area contributed by atoms with Gasteiger partial charge in [0.05, 0.1) is 16.9 Å². The van der Waals surface area contributed by atoms with Crippen molar-refractivity contribution >= 4 is 21.7 Å². The van der Waals surface area contributed by atoms with Gasteiger partial charge in [0.1, 0.15) is 0 Å². The Labute approximate surface area is 291 Å². The van der Waals surface area contributed by atoms with Gasteiger partial charge in [-0.1, -0.05) is 170 Å². The van der Waals surface area contributed by atoms with Crippen LogP contribution in [-0.2, 0) is 0 Å². The minimum Gasteiger partial charge on any atom is -0.256 e. The second-order valence-corrected chi connectivity index (χ2v) is 12.4. The average molecular weight is 638 g/mol. The van der Waals surface area contributed by atoms with Crippen LogP contribution in [0.15, 0.2) is 188 Å². The Hall–Kier alpha value is -6.71. The van der Waals surface area contributed by atoms with Crippen molar-refractivity contribution in [2.75, 3.05) is 0 Å². The molecule has 0 atom stereocenters. The van der Waals surface area contributed by atoms with Crippen LogP contribution in [0.25, 0.3) is 89.0 Å². The number of hydrogen-bond acceptors (Lipinski definition) is 3. The molecule has 50 heavy (non-hydrogen) atoms. The average Bonchev–Trinajstić information content (AvgIpc) is 3.21. The zero-order valence-corrected chi connectivity index (χ0v) is 27.2. The Morgan fingerprint density at radius 2 is 0.780 bits per heavy atom. The molecule has 9 aromatic rings. The minimum absolute atomic E-state index is 0.708. The minimum atomic E-state index is 0.708. The normalized spacial score (nSPS) is 11.2. The number of para-hydroxylation sites is 1. The lowest BCUT2D eigenvalue weighted by atomic mass is 9.92. The molecule has 0 fully saturated rings. The smallest absolute Gasteiger partial charge is 0.160 e. The molecule has 0 saturated heterocycles. The molecule has 7 aromatic carbocycles. The third-order valence-electron chi connectivity index (χ3n) is 9.38. The van der Waals surface area contributed by atoms with E-state index >= 15 is 0 Å². The summed E-state index contributed by atoms with van der Waals surface area (Å²) < 4.78 is 0. The van der Waals surface area contributed by atoms with E-state index in [1.54, 1.807) is 0 Å². The van der Waals surface area contributed by atoms with Gasteiger partial charge < -0.3 is 0 Å². The fraction of sp³-hybridized carbons (Fsp3) is 0. The SMILES string of the molecule is c1ccc(-c2cc(-c3ccccc3)nc(-c3ccc(-c4cccc5c(-c6ccc(-c7cccc8cccnc78)cc6)cccc45)cc3)n2)cc1. The summed E-state index contributed by atoms with van der Waals surface area (Å²) in [5, 5.41) is 3.59. The summed E-state index contributed by atoms with van der Waals surface area (Å²) in [7, 11) is 0. The van der Waals surface area contributed by atoms with E-state index in [1.807, 2.05) is 48.7 Å². The molecule has 0 N–H and O–H groups in total. The molecular weight excluding hydrogens is 607 g/mol. The van der Waals surface area contributed by atoms with Crippen molar-refractivity contribution in [3.05, 3.63) is 188 Å². The molecule has 0 aliphatic rings. The van der Waals surface area contributed by atoms with Crippen LogP contribution in [0, 0.1) is 0 Å². The van der Waals surface area contributed by atoms with Crippen molar-refractivity contribution in [3.8, 4) is 67.3 Å². The van der Waals surface area contributed by atoms with E-state index in [-0.39, 0.29) is 0 Å². The molecule has 0 unspecified atom stereocenters. The van der Waals surface area contributed by atoms with Gasteiger partial charge in [-0.3, -0.25) is 4.98 Å². The van der Waals surface area contributed by atoms with E-state index in [1.165, 1.54) is 27.5 Å². The summed E-state index contributed by atoms with van der Waals surface area (Å²) in [5.74, 6) is 0.708. The van der Waals surface area contributed by atoms with Gasteiger partial charge >= 0.3 is 0 Å². The number of aromatic nitrogens is 3. The van der Waals surface area contributed by atoms with E-state index in [4.69, 9.17) is 9.97 Å². The Morgan fingerprint density at radius 3 is 1.34 bits per heavy atom. The predicted octanol–water partition coefficient (Wildman–Crippen LogP) is 12.2. The first-order chi connectivity index (χ1) is 24.8. The van der Waals surface area contributed by atoms with Gasteiger partial charge in [0.2, 0.25) is 0 Å². The zero-order chi connectivity index (χ0) is 33.3. The number of nitrogens with zero attached hydrogens (tertiary/aromatic N) is 3. The number of rotatable bonds is 6. The van der Waals surface area contributed by atoms with Gasteiger partial charge in [0.15, 0.2) is 5.82 Å². The largest absolute Gasteiger partial charge is 0.256 e. The van der Waals surface area contributed by atoms with Gasteiger partial charge in [-0.05, 0) is 50.7 Å². The van der Waals surface area contributed by atoms with Crippen molar-refractivity contribution in [2.45, 2.75) is 0 Å². The highest BCUT2D eigenvalue weighted by Crippen LogP contribution is 2.37. The van der Waals surface area contributed by atoms with E-state index in [2.05, 4.69) is 145 Å². The summed E-state index contributed by atoms with van der Waals surface area (Å²) in [6.45, 7) is 0. The van der Waals surface area contributed by atoms with Crippen LogP contribution in [0.5, 0.6) is 0 Å². The first-order valence-electron chi connectivity index (χ1n) is 16.9. The Kier molecular flexibility index (Phi) is 7.49. The first kappa shape index (κ1) is 29.4. The summed E-state index contributed by atoms with van der Waals surface area (Å²) in [6, 6.07) is 63.8. The third-order valence-corrected chi connectivity index (χ3v) is 9.38. The number of benzene rings is 7. The molecule has 0 radical (unpaired) electrons. The molecule has 0 spiro atoms. The predicted molar refractivity (Wildman–Crippen MR) is 207 cm³/mol. The molecule has 0 aliphatic carbocycles. The molecule has 0 aliphatic heterocycles. The fourth-order valence-electron chi connectivity index (χ4n) is 6.87. The topological polar surface area (TPSA) is 38.7 Å². The summed E-state index contributed by atoms with van der Waals surface area (Å²) in [5.41, 5.74) is 13.0. The lowest BCUT2D eigenvalue weighted by Crippen LogP contribution is -1.96. The maximum Gasteiger partial charge on any atom is 0.160 e. The lowest BCUT2D eigenvalue weighted by molar-refractivity contribution is 1.18. The van der Waals surface area contributed by atoms with E-state index in [9.17, 15) is 0 Å². The van der Waals surface area contributed by atoms with Crippen molar-refractivity contribution in [3.63, 3.8) is 0 Å². The molecule has 0 amide bonds. The first-order valence-corrected chi connectivity index (χ1v) is 16.9. The summed E-state index contributed by atoms with van der Waals surface area (Å²) >= 11 is 0. The standard InChI is InChI=1S/C47H31N3/c1-3-11-35(12-4-1)44-31-45(36-13-5-2-6-14-36)50-47(49-44)38-28-26-33(27-29-38)40-18-9-20-42-39(17-8-21-43(40)42)32-22-24-34(25-23-32)41-19-7-15-37-16-10-30-48-46(37)41/h1-31H. The Bertz CT molecular complexity index is 2550. The maximum atomic E-state index is 5.02. The zero-order valence-electron chi connectivity index (χ0n) is 27.2. The monoisotopic (exact) mass is 637 g/mol. The molecular formula is C47H31N3. The molecule has 9 rings (SSSR count). The Balaban J connectivity index is 1.07. The molecule has 3 heteroatoms. The van der Waals surface area contributed by atoms with Crippen LogP contribution in [0.3, 0.4) is 0 Å². The van der Waals surface area contributed by atoms with Crippen LogP contribution in [0.1, 0.15) is 0 Å². The van der Waals surface area contributed by atoms with E-state index in [0.29, 0.717) is 5.82 Å². The highest BCUT2D eigenvalue weighted by atomic mass is 14.9. The van der Waals surface area contributed by atoms with Crippen LogP contribution in [0.4, 0.5) is 0 Å². The maximum absolute atomic E-state index is 5.02. The van der Waals surface area contributed by atoms with Crippen LogP contribution in [-0.4, -0.2) is 15.0 Å². The highest BCUT2D eigenvalue weighted by Gasteiger charge is 2.13. The van der Waals surface area contributed by atoms with E-state index < -0.39 is 0 Å². The molecule has 0 bridgehead atoms. The molecule has 2 heterocycles. The number of pyridine rings is 1. The molecule has 234 valence electrons. The summed E-state index contributed by atoms with van der Waals surface area (Å²) in [6.07, 6.45) is 1.86. The van der Waals surface area contributed by atoms with Crippen molar-refractivity contribution in [2.24, 2.45) is 0 Å². The number of fused-ring (bicyclic) bond motifs is 2. The van der Waals surface area contributed by atoms with Gasteiger partial charge in [-0.15, -0.1) is 0 Å². The highest BCUT2D eigenvalue weighted by molar-refractivity contribution is 6.05. The van der Waals surface area contributed by atoms with Gasteiger partial charge in [-0.2, -0.15) is 0 Å². The van der Waals surface area contributed by atoms with Crippen LogP contribution >= 0.6 is 0 Å². The van der Waals surface area contributed by atoms with Gasteiger partial charge in [0, 0.05) is 33.8 Å². The van der Waals surface area contributed by atoms with Crippen LogP contribution in [0.2, 0.25) is 0 Å². The summed E-state index contributed by atoms with van der Waals surface area (Å²) in [4.78, 5) is 14.7. The second-order valence-electron chi connectivity index (χ2n) is 12.4. The van der Waals surface area contributed by atoms with Crippen LogP contribution < -0.4 is 0 Å². The van der Waals surface area contributed by atoms with Gasteiger partial charge in [0.25, 0.3) is 0 Å². The van der Waals surface area contributed by atoms with Crippen molar-refractivity contribution in [1.82, 2.24) is 15.0 Å². The van der Waals surface area contributed by atoms with Gasteiger partial charge in [-0.25, -0.2) is 9.97 Å². The number of hydrogen-bond donors (Lipinski definition) is 0. The van der Waals surface area contributed by atoms with Crippen molar-refractivity contribution < 1.29 is 0 Å². The van der Waals surface area contributed by atoms with Crippen molar-refractivity contribution in [1.29, 1.82) is 0 Å². The molecule has 3 nitrogen and oxygen atoms in total. The third kappa shape index (κ3) is 5.51. The fourth-order valence-corrected chi connectivity index (χ4v) is 6.87. The molecule has 2 aromatic heterocycles. The second kappa shape index (κ2) is 12.7. The lowest BCUT2D eigenvalue weighted by Gasteiger charge is -2.13. The van der Waals surface area contributed by atoms with E-state index in [0.717, 1.165) is 55.7 Å². The quantitative estimate of drug-likeness (QED) is 0.182.